The monoisotopic (exact) mass is 396 g/mol. The zero-order valence-corrected chi connectivity index (χ0v) is 16.9. The van der Waals surface area contributed by atoms with Gasteiger partial charge >= 0.3 is 0 Å². The maximum absolute atomic E-state index is 6.66. The Morgan fingerprint density at radius 3 is 2.75 bits per heavy atom. The molecule has 5 nitrogen and oxygen atoms in total. The highest BCUT2D eigenvalue weighted by Gasteiger charge is 2.21. The summed E-state index contributed by atoms with van der Waals surface area (Å²) in [6, 6.07) is 10.0. The molecular weight excluding hydrogens is 372 g/mol. The summed E-state index contributed by atoms with van der Waals surface area (Å²) >= 11 is 6.66. The molecule has 0 spiro atoms. The second-order valence-corrected chi connectivity index (χ2v) is 7.48. The van der Waals surface area contributed by atoms with Crippen LogP contribution in [-0.2, 0) is 13.1 Å². The van der Waals surface area contributed by atoms with Crippen LogP contribution in [0.5, 0.6) is 5.75 Å². The van der Waals surface area contributed by atoms with Crippen molar-refractivity contribution in [1.82, 2.24) is 15.3 Å². The van der Waals surface area contributed by atoms with Crippen LogP contribution in [0.3, 0.4) is 0 Å². The number of hydrogen-bond donors (Lipinski definition) is 1. The number of nitrogens with zero attached hydrogens (tertiary/aromatic N) is 3. The molecule has 1 aromatic carbocycles. The number of benzene rings is 1. The summed E-state index contributed by atoms with van der Waals surface area (Å²) in [5.41, 5.74) is 4.29. The molecular formula is C22H25ClN4O. The molecule has 4 rings (SSSR count). The fraction of sp³-hybridized carbons (Fsp3) is 0.364. The van der Waals surface area contributed by atoms with E-state index in [0.717, 1.165) is 47.4 Å². The number of methoxy groups -OCH3 is 1. The highest BCUT2D eigenvalue weighted by molar-refractivity contribution is 6.31. The Morgan fingerprint density at radius 2 is 2.00 bits per heavy atom. The van der Waals surface area contributed by atoms with Gasteiger partial charge in [-0.1, -0.05) is 17.7 Å². The summed E-state index contributed by atoms with van der Waals surface area (Å²) in [6.07, 6.45) is 7.35. The molecule has 1 N–H and O–H groups in total. The number of nitrogens with one attached hydrogen (secondary N) is 1. The lowest BCUT2D eigenvalue weighted by atomic mass is 10.0. The third-order valence-corrected chi connectivity index (χ3v) is 5.55. The Kier molecular flexibility index (Phi) is 5.93. The third-order valence-electron chi connectivity index (χ3n) is 5.24. The van der Waals surface area contributed by atoms with Gasteiger partial charge in [0.25, 0.3) is 0 Å². The summed E-state index contributed by atoms with van der Waals surface area (Å²) in [6.45, 7) is 3.48. The third kappa shape index (κ3) is 4.05. The van der Waals surface area contributed by atoms with Gasteiger partial charge < -0.3 is 15.0 Å². The van der Waals surface area contributed by atoms with Crippen molar-refractivity contribution < 1.29 is 4.74 Å². The Hall–Kier alpha value is -2.37. The molecule has 0 atom stereocenters. The van der Waals surface area contributed by atoms with E-state index in [1.165, 1.54) is 24.9 Å². The average Bonchev–Trinajstić information content (AvgIpc) is 2.75. The zero-order chi connectivity index (χ0) is 19.3. The van der Waals surface area contributed by atoms with Crippen LogP contribution >= 0.6 is 11.6 Å². The number of halogens is 1. The first-order valence-corrected chi connectivity index (χ1v) is 10.1. The molecule has 1 aliphatic heterocycles. The summed E-state index contributed by atoms with van der Waals surface area (Å²) < 4.78 is 5.47. The fourth-order valence-corrected chi connectivity index (χ4v) is 4.08. The number of pyridine rings is 2. The van der Waals surface area contributed by atoms with Crippen LogP contribution in [-0.4, -0.2) is 30.2 Å². The van der Waals surface area contributed by atoms with E-state index in [9.17, 15) is 0 Å². The molecule has 1 saturated heterocycles. The molecule has 146 valence electrons. The minimum absolute atomic E-state index is 0.567. The Balaban J connectivity index is 1.71. The van der Waals surface area contributed by atoms with Crippen LogP contribution in [0.25, 0.3) is 10.9 Å². The van der Waals surface area contributed by atoms with Crippen molar-refractivity contribution in [2.75, 3.05) is 25.1 Å². The molecule has 1 fully saturated rings. The molecule has 0 bridgehead atoms. The molecule has 0 amide bonds. The minimum Gasteiger partial charge on any atom is -0.497 e. The quantitative estimate of drug-likeness (QED) is 0.618. The Bertz CT molecular complexity index is 942. The normalized spacial score (nSPS) is 14.4. The average molecular weight is 397 g/mol. The first-order valence-electron chi connectivity index (χ1n) is 9.77. The van der Waals surface area contributed by atoms with Gasteiger partial charge in [0.15, 0.2) is 0 Å². The van der Waals surface area contributed by atoms with Gasteiger partial charge in [-0.2, -0.15) is 0 Å². The van der Waals surface area contributed by atoms with E-state index in [0.29, 0.717) is 11.7 Å². The molecule has 3 aromatic rings. The highest BCUT2D eigenvalue weighted by Crippen LogP contribution is 2.37. The summed E-state index contributed by atoms with van der Waals surface area (Å²) in [4.78, 5) is 11.3. The van der Waals surface area contributed by atoms with Gasteiger partial charge in [0, 0.05) is 49.5 Å². The molecule has 6 heteroatoms. The Labute approximate surface area is 170 Å². The van der Waals surface area contributed by atoms with Crippen molar-refractivity contribution in [3.63, 3.8) is 0 Å². The lowest BCUT2D eigenvalue weighted by Crippen LogP contribution is -2.31. The first kappa shape index (κ1) is 19.0. The predicted octanol–water partition coefficient (Wildman–Crippen LogP) is 4.57. The van der Waals surface area contributed by atoms with E-state index in [2.05, 4.69) is 32.3 Å². The number of ether oxygens (including phenoxy) is 1. The number of anilines is 1. The summed E-state index contributed by atoms with van der Waals surface area (Å²) in [5.74, 6) is 0.837. The smallest absolute Gasteiger partial charge is 0.136 e. The second kappa shape index (κ2) is 8.76. The highest BCUT2D eigenvalue weighted by atomic mass is 35.5. The minimum atomic E-state index is 0.567. The maximum atomic E-state index is 6.66. The van der Waals surface area contributed by atoms with Crippen LogP contribution in [0, 0.1) is 0 Å². The van der Waals surface area contributed by atoms with Gasteiger partial charge in [-0.15, -0.1) is 0 Å². The van der Waals surface area contributed by atoms with Crippen LogP contribution in [0.4, 0.5) is 5.69 Å². The van der Waals surface area contributed by atoms with Crippen molar-refractivity contribution in [3.05, 3.63) is 59.0 Å². The van der Waals surface area contributed by atoms with Gasteiger partial charge in [0.1, 0.15) is 10.9 Å². The number of aromatic nitrogens is 2. The summed E-state index contributed by atoms with van der Waals surface area (Å²) in [7, 11) is 1.70. The van der Waals surface area contributed by atoms with Crippen molar-refractivity contribution in [2.24, 2.45) is 0 Å². The number of piperidine rings is 1. The van der Waals surface area contributed by atoms with Gasteiger partial charge in [-0.3, -0.25) is 4.98 Å². The molecule has 3 heterocycles. The fourth-order valence-electron chi connectivity index (χ4n) is 3.83. The largest absolute Gasteiger partial charge is 0.497 e. The van der Waals surface area contributed by atoms with Crippen molar-refractivity contribution in [1.29, 1.82) is 0 Å². The standard InChI is InChI=1S/C22H25ClN4O/c1-28-17-7-8-20-18(12-17)21(27-10-3-2-4-11-27)19(22(23)26-20)15-25-14-16-6-5-9-24-13-16/h5-9,12-13,25H,2-4,10-11,14-15H2,1H3. The number of hydrogen-bond acceptors (Lipinski definition) is 5. The number of rotatable bonds is 6. The zero-order valence-electron chi connectivity index (χ0n) is 16.1. The van der Waals surface area contributed by atoms with Gasteiger partial charge in [0.05, 0.1) is 18.3 Å². The van der Waals surface area contributed by atoms with Crippen LogP contribution in [0.15, 0.2) is 42.7 Å². The SMILES string of the molecule is COc1ccc2nc(Cl)c(CNCc3cccnc3)c(N3CCCCC3)c2c1. The maximum Gasteiger partial charge on any atom is 0.136 e. The van der Waals surface area contributed by atoms with Crippen molar-refractivity contribution in [3.8, 4) is 5.75 Å². The molecule has 0 unspecified atom stereocenters. The van der Waals surface area contributed by atoms with Crippen LogP contribution in [0.2, 0.25) is 5.15 Å². The van der Waals surface area contributed by atoms with E-state index in [4.69, 9.17) is 16.3 Å². The lowest BCUT2D eigenvalue weighted by Gasteiger charge is -2.32. The molecule has 2 aromatic heterocycles. The molecule has 1 aliphatic rings. The Morgan fingerprint density at radius 1 is 1.14 bits per heavy atom. The van der Waals surface area contributed by atoms with Crippen molar-refractivity contribution in [2.45, 2.75) is 32.4 Å². The lowest BCUT2D eigenvalue weighted by molar-refractivity contribution is 0.415. The van der Waals surface area contributed by atoms with Gasteiger partial charge in [-0.05, 0) is 49.1 Å². The van der Waals surface area contributed by atoms with E-state index >= 15 is 0 Å². The first-order chi connectivity index (χ1) is 13.8. The topological polar surface area (TPSA) is 50.3 Å². The molecule has 28 heavy (non-hydrogen) atoms. The predicted molar refractivity (Wildman–Crippen MR) is 114 cm³/mol. The van der Waals surface area contributed by atoms with Gasteiger partial charge in [0.2, 0.25) is 0 Å². The molecule has 0 radical (unpaired) electrons. The van der Waals surface area contributed by atoms with Gasteiger partial charge in [-0.25, -0.2) is 4.98 Å². The van der Waals surface area contributed by atoms with Crippen LogP contribution < -0.4 is 15.0 Å². The van der Waals surface area contributed by atoms with E-state index in [1.807, 2.05) is 24.4 Å². The molecule has 0 aliphatic carbocycles. The second-order valence-electron chi connectivity index (χ2n) is 7.13. The van der Waals surface area contributed by atoms with Crippen molar-refractivity contribution >= 4 is 28.2 Å². The van der Waals surface area contributed by atoms with E-state index in [-0.39, 0.29) is 0 Å². The van der Waals surface area contributed by atoms with Crippen LogP contribution in [0.1, 0.15) is 30.4 Å². The number of fused-ring (bicyclic) bond motifs is 1. The molecule has 0 saturated carbocycles. The van der Waals surface area contributed by atoms with E-state index < -0.39 is 0 Å². The summed E-state index contributed by atoms with van der Waals surface area (Å²) in [5, 5.41) is 5.18. The van der Waals surface area contributed by atoms with E-state index in [1.54, 1.807) is 13.3 Å².